The lowest BCUT2D eigenvalue weighted by atomic mass is 9.94. The van der Waals surface area contributed by atoms with Crippen LogP contribution in [-0.4, -0.2) is 57.1 Å². The van der Waals surface area contributed by atoms with Crippen LogP contribution in [0, 0.1) is 5.92 Å². The number of hydrogen-bond donors (Lipinski definition) is 2. The summed E-state index contributed by atoms with van der Waals surface area (Å²) >= 11 is 0. The van der Waals surface area contributed by atoms with Crippen LogP contribution in [0.3, 0.4) is 0 Å². The van der Waals surface area contributed by atoms with Crippen LogP contribution < -0.4 is 5.32 Å². The SMILES string of the molecule is O=C(c1nn[nH]n1)N1C[C@@H]2CCCN[C@@H]2C1. The van der Waals surface area contributed by atoms with E-state index in [1.54, 1.807) is 0 Å². The Kier molecular flexibility index (Phi) is 2.32. The van der Waals surface area contributed by atoms with E-state index in [9.17, 15) is 4.79 Å². The van der Waals surface area contributed by atoms with Gasteiger partial charge in [0.25, 0.3) is 11.7 Å². The molecule has 2 aliphatic rings. The van der Waals surface area contributed by atoms with Gasteiger partial charge in [-0.1, -0.05) is 0 Å². The monoisotopic (exact) mass is 222 g/mol. The van der Waals surface area contributed by atoms with E-state index in [1.807, 2.05) is 4.90 Å². The molecule has 0 unspecified atom stereocenters. The van der Waals surface area contributed by atoms with Crippen molar-refractivity contribution in [3.63, 3.8) is 0 Å². The van der Waals surface area contributed by atoms with Crippen molar-refractivity contribution >= 4 is 5.91 Å². The fourth-order valence-corrected chi connectivity index (χ4v) is 2.61. The molecule has 1 amide bonds. The Bertz CT molecular complexity index is 363. The molecule has 3 heterocycles. The summed E-state index contributed by atoms with van der Waals surface area (Å²) in [6, 6.07) is 0.449. The molecule has 0 saturated carbocycles. The molecular formula is C9H14N6O. The Labute approximate surface area is 92.6 Å². The largest absolute Gasteiger partial charge is 0.334 e. The zero-order valence-corrected chi connectivity index (χ0v) is 8.89. The average molecular weight is 222 g/mol. The van der Waals surface area contributed by atoms with E-state index in [1.165, 1.54) is 12.8 Å². The molecule has 3 rings (SSSR count). The highest BCUT2D eigenvalue weighted by molar-refractivity contribution is 5.90. The number of amides is 1. The highest BCUT2D eigenvalue weighted by Gasteiger charge is 2.37. The highest BCUT2D eigenvalue weighted by Crippen LogP contribution is 2.25. The van der Waals surface area contributed by atoms with Crippen molar-refractivity contribution in [1.82, 2.24) is 30.8 Å². The Balaban J connectivity index is 1.71. The number of tetrazole rings is 1. The third-order valence-electron chi connectivity index (χ3n) is 3.42. The quantitative estimate of drug-likeness (QED) is 0.638. The van der Waals surface area contributed by atoms with Gasteiger partial charge in [0.2, 0.25) is 0 Å². The second kappa shape index (κ2) is 3.82. The molecule has 2 saturated heterocycles. The van der Waals surface area contributed by atoms with Crippen LogP contribution >= 0.6 is 0 Å². The molecular weight excluding hydrogens is 208 g/mol. The molecule has 2 N–H and O–H groups in total. The maximum absolute atomic E-state index is 12.0. The summed E-state index contributed by atoms with van der Waals surface area (Å²) in [5.74, 6) is 0.633. The minimum Gasteiger partial charge on any atom is -0.334 e. The van der Waals surface area contributed by atoms with Crippen LogP contribution in [0.5, 0.6) is 0 Å². The number of H-pyrrole nitrogens is 1. The number of aromatic nitrogens is 4. The van der Waals surface area contributed by atoms with Gasteiger partial charge in [0, 0.05) is 19.1 Å². The van der Waals surface area contributed by atoms with Gasteiger partial charge in [-0.05, 0) is 30.5 Å². The minimum atomic E-state index is -0.120. The number of carbonyl (C=O) groups excluding carboxylic acids is 1. The number of nitrogens with one attached hydrogen (secondary N) is 2. The van der Waals surface area contributed by atoms with Crippen molar-refractivity contribution in [3.05, 3.63) is 5.82 Å². The molecule has 7 heteroatoms. The van der Waals surface area contributed by atoms with Crippen LogP contribution in [0.25, 0.3) is 0 Å². The number of nitrogens with zero attached hydrogens (tertiary/aromatic N) is 4. The Hall–Kier alpha value is -1.50. The molecule has 0 bridgehead atoms. The normalized spacial score (nSPS) is 29.1. The first-order valence-electron chi connectivity index (χ1n) is 5.60. The standard InChI is InChI=1S/C9H14N6O/c16-9(8-11-13-14-12-8)15-4-6-2-1-3-10-7(6)5-15/h6-7,10H,1-5H2,(H,11,12,13,14)/t6-,7+/m0/s1. The first-order valence-corrected chi connectivity index (χ1v) is 5.60. The van der Waals surface area contributed by atoms with Crippen LogP contribution in [0.1, 0.15) is 23.5 Å². The number of fused-ring (bicyclic) bond motifs is 1. The third-order valence-corrected chi connectivity index (χ3v) is 3.42. The van der Waals surface area contributed by atoms with Crippen molar-refractivity contribution in [2.75, 3.05) is 19.6 Å². The molecule has 1 aromatic heterocycles. The van der Waals surface area contributed by atoms with Gasteiger partial charge < -0.3 is 10.2 Å². The van der Waals surface area contributed by atoms with Crippen molar-refractivity contribution in [2.45, 2.75) is 18.9 Å². The van der Waals surface area contributed by atoms with E-state index in [-0.39, 0.29) is 11.7 Å². The highest BCUT2D eigenvalue weighted by atomic mass is 16.2. The van der Waals surface area contributed by atoms with Gasteiger partial charge >= 0.3 is 0 Å². The molecule has 0 radical (unpaired) electrons. The van der Waals surface area contributed by atoms with Crippen LogP contribution in [0.15, 0.2) is 0 Å². The Morgan fingerprint density at radius 1 is 1.44 bits per heavy atom. The zero-order valence-electron chi connectivity index (χ0n) is 8.89. The number of hydrogen-bond acceptors (Lipinski definition) is 5. The van der Waals surface area contributed by atoms with Gasteiger partial charge in [0.15, 0.2) is 0 Å². The van der Waals surface area contributed by atoms with E-state index < -0.39 is 0 Å². The van der Waals surface area contributed by atoms with E-state index in [4.69, 9.17) is 0 Å². The lowest BCUT2D eigenvalue weighted by Gasteiger charge is -2.24. The lowest BCUT2D eigenvalue weighted by molar-refractivity contribution is 0.0773. The van der Waals surface area contributed by atoms with E-state index in [0.717, 1.165) is 19.6 Å². The van der Waals surface area contributed by atoms with E-state index in [2.05, 4.69) is 25.9 Å². The lowest BCUT2D eigenvalue weighted by Crippen LogP contribution is -2.41. The molecule has 16 heavy (non-hydrogen) atoms. The topological polar surface area (TPSA) is 86.8 Å². The first kappa shape index (κ1) is 9.71. The van der Waals surface area contributed by atoms with Crippen molar-refractivity contribution in [3.8, 4) is 0 Å². The summed E-state index contributed by atoms with van der Waals surface area (Å²) in [5, 5.41) is 16.6. The average Bonchev–Trinajstić information content (AvgIpc) is 2.97. The summed E-state index contributed by atoms with van der Waals surface area (Å²) < 4.78 is 0. The second-order valence-corrected chi connectivity index (χ2v) is 4.41. The zero-order chi connectivity index (χ0) is 11.0. The van der Waals surface area contributed by atoms with Gasteiger partial charge in [-0.2, -0.15) is 5.21 Å². The van der Waals surface area contributed by atoms with E-state index >= 15 is 0 Å². The number of carbonyl (C=O) groups is 1. The molecule has 2 fully saturated rings. The summed E-state index contributed by atoms with van der Waals surface area (Å²) in [6.07, 6.45) is 2.40. The molecule has 1 aromatic rings. The molecule has 2 aliphatic heterocycles. The fraction of sp³-hybridized carbons (Fsp3) is 0.778. The summed E-state index contributed by atoms with van der Waals surface area (Å²) in [7, 11) is 0. The number of aromatic amines is 1. The molecule has 86 valence electrons. The van der Waals surface area contributed by atoms with Crippen LogP contribution in [-0.2, 0) is 0 Å². The van der Waals surface area contributed by atoms with Gasteiger partial charge in [-0.3, -0.25) is 4.79 Å². The molecule has 0 spiro atoms. The summed E-state index contributed by atoms with van der Waals surface area (Å²) in [6.45, 7) is 2.63. The number of likely N-dealkylation sites (tertiary alicyclic amines) is 1. The molecule has 0 aromatic carbocycles. The van der Waals surface area contributed by atoms with Gasteiger partial charge in [0.05, 0.1) is 0 Å². The van der Waals surface area contributed by atoms with Gasteiger partial charge in [-0.25, -0.2) is 0 Å². The van der Waals surface area contributed by atoms with Crippen molar-refractivity contribution in [2.24, 2.45) is 5.92 Å². The predicted octanol–water partition coefficient (Wildman–Crippen LogP) is -0.976. The van der Waals surface area contributed by atoms with Crippen molar-refractivity contribution < 1.29 is 4.79 Å². The Morgan fingerprint density at radius 2 is 2.38 bits per heavy atom. The Morgan fingerprint density at radius 3 is 3.12 bits per heavy atom. The minimum absolute atomic E-state index is 0.120. The first-order chi connectivity index (χ1) is 7.84. The van der Waals surface area contributed by atoms with Crippen molar-refractivity contribution in [1.29, 1.82) is 0 Å². The number of rotatable bonds is 1. The van der Waals surface area contributed by atoms with Crippen LogP contribution in [0.4, 0.5) is 0 Å². The van der Waals surface area contributed by atoms with E-state index in [0.29, 0.717) is 12.0 Å². The number of piperidine rings is 1. The summed E-state index contributed by atoms with van der Waals surface area (Å²) in [4.78, 5) is 13.8. The fourth-order valence-electron chi connectivity index (χ4n) is 2.61. The smallest absolute Gasteiger partial charge is 0.295 e. The predicted molar refractivity (Wildman–Crippen MR) is 54.6 cm³/mol. The van der Waals surface area contributed by atoms with Crippen LogP contribution in [0.2, 0.25) is 0 Å². The maximum Gasteiger partial charge on any atom is 0.295 e. The van der Waals surface area contributed by atoms with Gasteiger partial charge in [-0.15, -0.1) is 10.2 Å². The third kappa shape index (κ3) is 1.57. The summed E-state index contributed by atoms with van der Waals surface area (Å²) in [5.41, 5.74) is 0. The maximum atomic E-state index is 12.0. The molecule has 0 aliphatic carbocycles. The van der Waals surface area contributed by atoms with Gasteiger partial charge in [0.1, 0.15) is 0 Å². The molecule has 7 nitrogen and oxygen atoms in total. The molecule has 2 atom stereocenters. The second-order valence-electron chi connectivity index (χ2n) is 4.41.